The van der Waals surface area contributed by atoms with Crippen molar-refractivity contribution in [2.24, 2.45) is 11.8 Å². The van der Waals surface area contributed by atoms with Gasteiger partial charge in [0.1, 0.15) is 0 Å². The number of hydrogen-bond acceptors (Lipinski definition) is 3. The van der Waals surface area contributed by atoms with Crippen molar-refractivity contribution in [1.29, 1.82) is 10.8 Å². The van der Waals surface area contributed by atoms with E-state index in [1.165, 1.54) is 25.7 Å². The molecule has 1 saturated carbocycles. The second kappa shape index (κ2) is 8.26. The van der Waals surface area contributed by atoms with Gasteiger partial charge in [-0.2, -0.15) is 0 Å². The second-order valence-corrected chi connectivity index (χ2v) is 5.98. The number of hydrogen-bond donors (Lipinski definition) is 3. The molecule has 0 aromatic carbocycles. The van der Waals surface area contributed by atoms with E-state index in [0.717, 1.165) is 24.8 Å². The fraction of sp³-hybridized carbons (Fsp3) is 0.750. The molecule has 1 aliphatic rings. The maximum absolute atomic E-state index is 8.05. The summed E-state index contributed by atoms with van der Waals surface area (Å²) < 4.78 is 0. The lowest BCUT2D eigenvalue weighted by molar-refractivity contribution is 0.271. The molecule has 3 atom stereocenters. The van der Waals surface area contributed by atoms with E-state index in [1.807, 2.05) is 0 Å². The minimum absolute atomic E-state index is 0.132. The van der Waals surface area contributed by atoms with E-state index in [0.29, 0.717) is 11.4 Å². The third kappa shape index (κ3) is 6.15. The number of allylic oxidation sites excluding steroid dienone is 1. The lowest BCUT2D eigenvalue weighted by Crippen LogP contribution is -2.39. The smallest absolute Gasteiger partial charge is 0.0485 e. The van der Waals surface area contributed by atoms with E-state index in [2.05, 4.69) is 19.2 Å². The van der Waals surface area contributed by atoms with Crippen molar-refractivity contribution in [2.45, 2.75) is 58.9 Å². The van der Waals surface area contributed by atoms with E-state index >= 15 is 0 Å². The van der Waals surface area contributed by atoms with E-state index in [-0.39, 0.29) is 6.04 Å². The fourth-order valence-corrected chi connectivity index (χ4v) is 2.86. The zero-order chi connectivity index (χ0) is 14.3. The molecular formula is C16H29N3. The molecule has 0 aromatic heterocycles. The minimum atomic E-state index is 0.132. The highest BCUT2D eigenvalue weighted by Crippen LogP contribution is 2.28. The van der Waals surface area contributed by atoms with E-state index in [1.54, 1.807) is 19.1 Å². The van der Waals surface area contributed by atoms with Crippen LogP contribution in [0.2, 0.25) is 0 Å². The first-order chi connectivity index (χ1) is 9.02. The average Bonchev–Trinajstić information content (AvgIpc) is 2.37. The van der Waals surface area contributed by atoms with Crippen molar-refractivity contribution >= 4 is 11.4 Å². The van der Waals surface area contributed by atoms with Gasteiger partial charge in [-0.3, -0.25) is 0 Å². The third-order valence-corrected chi connectivity index (χ3v) is 3.99. The summed E-state index contributed by atoms with van der Waals surface area (Å²) in [6.07, 6.45) is 9.78. The summed E-state index contributed by atoms with van der Waals surface area (Å²) in [6.45, 7) is 7.23. The molecule has 0 aromatic rings. The Morgan fingerprint density at radius 3 is 2.63 bits per heavy atom. The zero-order valence-electron chi connectivity index (χ0n) is 12.6. The van der Waals surface area contributed by atoms with Crippen LogP contribution in [0.1, 0.15) is 52.9 Å². The summed E-state index contributed by atoms with van der Waals surface area (Å²) in [5.41, 5.74) is 1.10. The van der Waals surface area contributed by atoms with Gasteiger partial charge in [-0.1, -0.05) is 26.7 Å². The van der Waals surface area contributed by atoms with Crippen LogP contribution >= 0.6 is 0 Å². The summed E-state index contributed by atoms with van der Waals surface area (Å²) in [6, 6.07) is 0.132. The highest BCUT2D eigenvalue weighted by atomic mass is 14.9. The van der Waals surface area contributed by atoms with Crippen molar-refractivity contribution in [3.8, 4) is 0 Å². The van der Waals surface area contributed by atoms with Crippen molar-refractivity contribution < 1.29 is 0 Å². The van der Waals surface area contributed by atoms with E-state index in [4.69, 9.17) is 10.8 Å². The van der Waals surface area contributed by atoms with Crippen molar-refractivity contribution in [1.82, 2.24) is 5.32 Å². The number of nitrogens with one attached hydrogen (secondary N) is 3. The van der Waals surface area contributed by atoms with Crippen LogP contribution in [0.25, 0.3) is 0 Å². The molecule has 108 valence electrons. The lowest BCUT2D eigenvalue weighted by Gasteiger charge is -2.28. The monoisotopic (exact) mass is 263 g/mol. The third-order valence-electron chi connectivity index (χ3n) is 3.99. The summed E-state index contributed by atoms with van der Waals surface area (Å²) >= 11 is 0. The predicted molar refractivity (Wildman–Crippen MR) is 83.5 cm³/mol. The molecule has 0 aliphatic heterocycles. The zero-order valence-corrected chi connectivity index (χ0v) is 12.6. The van der Waals surface area contributed by atoms with Crippen LogP contribution in [0.15, 0.2) is 12.2 Å². The molecule has 1 rings (SSSR count). The van der Waals surface area contributed by atoms with Gasteiger partial charge in [-0.25, -0.2) is 0 Å². The van der Waals surface area contributed by atoms with Gasteiger partial charge in [0.25, 0.3) is 0 Å². The maximum atomic E-state index is 8.05. The fourth-order valence-electron chi connectivity index (χ4n) is 2.86. The summed E-state index contributed by atoms with van der Waals surface area (Å²) in [7, 11) is 0. The first kappa shape index (κ1) is 16.1. The minimum Gasteiger partial charge on any atom is -0.308 e. The molecule has 0 amide bonds. The standard InChI is InChI=1S/C16H29N3/c1-4-16(15(18)9-8-13(3)17)19-11-14-7-5-6-12(2)10-14/h8-9,12,14,16-19H,4-7,10-11H2,1-3H3/b9-8-,17-13?,18-15?/t12-,14+,16+/m0/s1. The first-order valence-electron chi connectivity index (χ1n) is 7.58. The molecule has 0 saturated heterocycles. The topological polar surface area (TPSA) is 59.7 Å². The normalized spacial score (nSPS) is 25.4. The highest BCUT2D eigenvalue weighted by Gasteiger charge is 2.20. The number of rotatable bonds is 7. The molecule has 3 N–H and O–H groups in total. The van der Waals surface area contributed by atoms with Crippen molar-refractivity contribution in [3.63, 3.8) is 0 Å². The van der Waals surface area contributed by atoms with Crippen LogP contribution in [0.4, 0.5) is 0 Å². The van der Waals surface area contributed by atoms with Crippen LogP contribution < -0.4 is 5.32 Å². The molecule has 0 spiro atoms. The van der Waals surface area contributed by atoms with Crippen LogP contribution in [-0.2, 0) is 0 Å². The van der Waals surface area contributed by atoms with Gasteiger partial charge in [0.15, 0.2) is 0 Å². The van der Waals surface area contributed by atoms with Gasteiger partial charge in [0.2, 0.25) is 0 Å². The molecule has 0 heterocycles. The van der Waals surface area contributed by atoms with Crippen LogP contribution in [-0.4, -0.2) is 24.0 Å². The maximum Gasteiger partial charge on any atom is 0.0485 e. The largest absolute Gasteiger partial charge is 0.308 e. The Morgan fingerprint density at radius 2 is 2.05 bits per heavy atom. The van der Waals surface area contributed by atoms with Gasteiger partial charge in [-0.05, 0) is 56.7 Å². The van der Waals surface area contributed by atoms with Crippen LogP contribution in [0.5, 0.6) is 0 Å². The quantitative estimate of drug-likeness (QED) is 0.601. The molecule has 3 nitrogen and oxygen atoms in total. The highest BCUT2D eigenvalue weighted by molar-refractivity contribution is 6.02. The van der Waals surface area contributed by atoms with E-state index < -0.39 is 0 Å². The second-order valence-electron chi connectivity index (χ2n) is 5.98. The summed E-state index contributed by atoms with van der Waals surface area (Å²) in [5.74, 6) is 1.64. The van der Waals surface area contributed by atoms with Gasteiger partial charge >= 0.3 is 0 Å². The van der Waals surface area contributed by atoms with Gasteiger partial charge in [0, 0.05) is 17.5 Å². The first-order valence-corrected chi connectivity index (χ1v) is 7.58. The van der Waals surface area contributed by atoms with Gasteiger partial charge in [-0.15, -0.1) is 0 Å². The molecule has 1 fully saturated rings. The molecule has 0 unspecified atom stereocenters. The SMILES string of the molecule is CC[C@@H](NC[C@@H]1CCC[C@H](C)C1)C(=N)/C=C\C(C)=N. The Bertz CT molecular complexity index is 333. The molecular weight excluding hydrogens is 234 g/mol. The van der Waals surface area contributed by atoms with Gasteiger partial charge in [0.05, 0.1) is 0 Å². The Kier molecular flexibility index (Phi) is 7.00. The van der Waals surface area contributed by atoms with Crippen molar-refractivity contribution in [2.75, 3.05) is 6.54 Å². The Balaban J connectivity index is 2.39. The molecule has 0 radical (unpaired) electrons. The Labute approximate surface area is 117 Å². The molecule has 19 heavy (non-hydrogen) atoms. The van der Waals surface area contributed by atoms with Crippen LogP contribution in [0, 0.1) is 22.7 Å². The Morgan fingerprint density at radius 1 is 1.32 bits per heavy atom. The lowest BCUT2D eigenvalue weighted by atomic mass is 9.82. The van der Waals surface area contributed by atoms with Crippen molar-refractivity contribution in [3.05, 3.63) is 12.2 Å². The van der Waals surface area contributed by atoms with Gasteiger partial charge < -0.3 is 16.1 Å². The molecule has 1 aliphatic carbocycles. The summed E-state index contributed by atoms with van der Waals surface area (Å²) in [5, 5.41) is 19.0. The summed E-state index contributed by atoms with van der Waals surface area (Å²) in [4.78, 5) is 0. The average molecular weight is 263 g/mol. The predicted octanol–water partition coefficient (Wildman–Crippen LogP) is 3.80. The molecule has 0 bridgehead atoms. The van der Waals surface area contributed by atoms with Crippen LogP contribution in [0.3, 0.4) is 0 Å². The molecule has 3 heteroatoms. The Hall–Kier alpha value is -0.960. The van der Waals surface area contributed by atoms with E-state index in [9.17, 15) is 0 Å².